The minimum absolute atomic E-state index is 0.0370. The highest BCUT2D eigenvalue weighted by Crippen LogP contribution is 2.18. The van der Waals surface area contributed by atoms with E-state index in [1.807, 2.05) is 0 Å². The van der Waals surface area contributed by atoms with Crippen molar-refractivity contribution in [2.75, 3.05) is 13.2 Å². The molecular formula is C16H25FN2O5. The Morgan fingerprint density at radius 2 is 2.12 bits per heavy atom. The summed E-state index contributed by atoms with van der Waals surface area (Å²) < 4.78 is 23.6. The summed E-state index contributed by atoms with van der Waals surface area (Å²) in [6.45, 7) is 7.22. The first-order chi connectivity index (χ1) is 11.1. The summed E-state index contributed by atoms with van der Waals surface area (Å²) in [4.78, 5) is 35.0. The van der Waals surface area contributed by atoms with E-state index in [2.05, 4.69) is 15.4 Å². The third-order valence-electron chi connectivity index (χ3n) is 3.22. The van der Waals surface area contributed by atoms with E-state index < -0.39 is 29.5 Å². The average Bonchev–Trinajstić information content (AvgIpc) is 2.82. The first kappa shape index (κ1) is 19.9. The van der Waals surface area contributed by atoms with Crippen molar-refractivity contribution in [1.29, 1.82) is 0 Å². The summed E-state index contributed by atoms with van der Waals surface area (Å²) in [6.07, 6.45) is 0.949. The molecule has 0 aliphatic carbocycles. The zero-order valence-electron chi connectivity index (χ0n) is 14.5. The van der Waals surface area contributed by atoms with Crippen molar-refractivity contribution in [2.24, 2.45) is 5.92 Å². The Hall–Kier alpha value is -2.12. The van der Waals surface area contributed by atoms with Crippen molar-refractivity contribution in [1.82, 2.24) is 10.6 Å². The molecule has 2 N–H and O–H groups in total. The lowest BCUT2D eigenvalue weighted by Gasteiger charge is -2.23. The molecule has 136 valence electrons. The number of carbonyl (C=O) groups is 3. The van der Waals surface area contributed by atoms with Gasteiger partial charge in [0.1, 0.15) is 5.60 Å². The molecule has 0 radical (unpaired) electrons. The zero-order valence-corrected chi connectivity index (χ0v) is 14.5. The van der Waals surface area contributed by atoms with Crippen molar-refractivity contribution in [3.63, 3.8) is 0 Å². The van der Waals surface area contributed by atoms with E-state index in [-0.39, 0.29) is 24.9 Å². The highest BCUT2D eigenvalue weighted by atomic mass is 19.1. The van der Waals surface area contributed by atoms with Crippen LogP contribution in [0.5, 0.6) is 0 Å². The topological polar surface area (TPSA) is 93.7 Å². The quantitative estimate of drug-likeness (QED) is 0.566. The summed E-state index contributed by atoms with van der Waals surface area (Å²) in [5, 5.41) is 5.16. The van der Waals surface area contributed by atoms with Gasteiger partial charge in [-0.2, -0.15) is 4.39 Å². The van der Waals surface area contributed by atoms with Gasteiger partial charge in [0.2, 0.25) is 11.7 Å². The third kappa shape index (κ3) is 6.97. The molecule has 0 aromatic heterocycles. The van der Waals surface area contributed by atoms with Crippen LogP contribution in [-0.4, -0.2) is 42.8 Å². The molecule has 0 bridgehead atoms. The van der Waals surface area contributed by atoms with Gasteiger partial charge in [0.05, 0.1) is 12.6 Å². The van der Waals surface area contributed by atoms with Crippen LogP contribution in [0.1, 0.15) is 40.5 Å². The van der Waals surface area contributed by atoms with E-state index in [4.69, 9.17) is 4.74 Å². The molecule has 8 heteroatoms. The fraction of sp³-hybridized carbons (Fsp3) is 0.688. The molecule has 2 unspecified atom stereocenters. The number of carbonyl (C=O) groups excluding carboxylic acids is 3. The van der Waals surface area contributed by atoms with Gasteiger partial charge in [-0.05, 0) is 46.6 Å². The Balaban J connectivity index is 2.82. The fourth-order valence-corrected chi connectivity index (χ4v) is 2.25. The normalized spacial score (nSPS) is 19.5. The van der Waals surface area contributed by atoms with E-state index in [9.17, 15) is 18.8 Å². The summed E-state index contributed by atoms with van der Waals surface area (Å²) >= 11 is 0. The van der Waals surface area contributed by atoms with E-state index in [0.29, 0.717) is 13.0 Å². The number of hydrogen-bond donors (Lipinski definition) is 2. The van der Waals surface area contributed by atoms with Gasteiger partial charge in [-0.15, -0.1) is 0 Å². The van der Waals surface area contributed by atoms with Gasteiger partial charge in [0, 0.05) is 12.5 Å². The molecule has 1 aliphatic heterocycles. The number of esters is 1. The van der Waals surface area contributed by atoms with Crippen molar-refractivity contribution in [2.45, 2.75) is 52.2 Å². The van der Waals surface area contributed by atoms with Gasteiger partial charge < -0.3 is 20.1 Å². The number of alkyl carbamates (subject to hydrolysis) is 1. The molecule has 0 saturated carbocycles. The lowest BCUT2D eigenvalue weighted by atomic mass is 9.98. The number of rotatable bonds is 6. The summed E-state index contributed by atoms with van der Waals surface area (Å²) in [6, 6.07) is -0.863. The monoisotopic (exact) mass is 344 g/mol. The average molecular weight is 344 g/mol. The summed E-state index contributed by atoms with van der Waals surface area (Å²) in [5.74, 6) is -2.74. The predicted octanol–water partition coefficient (Wildman–Crippen LogP) is 1.82. The highest BCUT2D eigenvalue weighted by Gasteiger charge is 2.29. The SMILES string of the molecule is CCOC(=O)/C(F)=C/C(CC1CCNC1=O)NC(=O)OC(C)(C)C. The molecule has 2 amide bonds. The largest absolute Gasteiger partial charge is 0.461 e. The maximum atomic E-state index is 13.9. The molecule has 1 fully saturated rings. The van der Waals surface area contributed by atoms with Crippen LogP contribution in [0, 0.1) is 5.92 Å². The van der Waals surface area contributed by atoms with Crippen LogP contribution >= 0.6 is 0 Å². The second-order valence-corrected chi connectivity index (χ2v) is 6.50. The second kappa shape index (κ2) is 8.65. The fourth-order valence-electron chi connectivity index (χ4n) is 2.25. The molecular weight excluding hydrogens is 319 g/mol. The van der Waals surface area contributed by atoms with Crippen LogP contribution in [0.2, 0.25) is 0 Å². The van der Waals surface area contributed by atoms with Crippen LogP contribution in [0.4, 0.5) is 9.18 Å². The van der Waals surface area contributed by atoms with Gasteiger partial charge in [-0.3, -0.25) is 4.79 Å². The lowest BCUT2D eigenvalue weighted by Crippen LogP contribution is -2.40. The maximum absolute atomic E-state index is 13.9. The van der Waals surface area contributed by atoms with E-state index in [1.54, 1.807) is 27.7 Å². The van der Waals surface area contributed by atoms with Gasteiger partial charge in [0.25, 0.3) is 0 Å². The van der Waals surface area contributed by atoms with Gasteiger partial charge >= 0.3 is 12.1 Å². The molecule has 1 saturated heterocycles. The van der Waals surface area contributed by atoms with Crippen molar-refractivity contribution in [3.05, 3.63) is 11.9 Å². The van der Waals surface area contributed by atoms with E-state index in [1.165, 1.54) is 0 Å². The van der Waals surface area contributed by atoms with Gasteiger partial charge in [-0.25, -0.2) is 9.59 Å². The number of nitrogens with one attached hydrogen (secondary N) is 2. The third-order valence-corrected chi connectivity index (χ3v) is 3.22. The molecule has 0 aromatic carbocycles. The number of hydrogen-bond acceptors (Lipinski definition) is 5. The summed E-state index contributed by atoms with van der Waals surface area (Å²) in [5.41, 5.74) is -0.719. The first-order valence-electron chi connectivity index (χ1n) is 7.94. The van der Waals surface area contributed by atoms with Crippen molar-refractivity contribution in [3.8, 4) is 0 Å². The molecule has 1 heterocycles. The van der Waals surface area contributed by atoms with Gasteiger partial charge in [0.15, 0.2) is 0 Å². The number of amides is 2. The van der Waals surface area contributed by atoms with Gasteiger partial charge in [-0.1, -0.05) is 0 Å². The van der Waals surface area contributed by atoms with Crippen LogP contribution in [-0.2, 0) is 19.1 Å². The molecule has 1 rings (SSSR count). The number of ether oxygens (including phenoxy) is 2. The Morgan fingerprint density at radius 3 is 2.62 bits per heavy atom. The molecule has 24 heavy (non-hydrogen) atoms. The van der Waals surface area contributed by atoms with E-state index >= 15 is 0 Å². The molecule has 1 aliphatic rings. The van der Waals surface area contributed by atoms with Crippen molar-refractivity contribution < 1.29 is 28.2 Å². The standard InChI is InChI=1S/C16H25FN2O5/c1-5-23-14(21)12(17)9-11(8-10-6-7-18-13(10)20)19-15(22)24-16(2,3)4/h9-11H,5-8H2,1-4H3,(H,18,20)(H,19,22)/b12-9-. The second-order valence-electron chi connectivity index (χ2n) is 6.50. The first-order valence-corrected chi connectivity index (χ1v) is 7.94. The van der Waals surface area contributed by atoms with Crippen LogP contribution < -0.4 is 10.6 Å². The minimum atomic E-state index is -1.11. The predicted molar refractivity (Wildman–Crippen MR) is 84.7 cm³/mol. The zero-order chi connectivity index (χ0) is 18.3. The Kier molecular flexibility index (Phi) is 7.18. The Bertz CT molecular complexity index is 513. The lowest BCUT2D eigenvalue weighted by molar-refractivity contribution is -0.140. The minimum Gasteiger partial charge on any atom is -0.461 e. The summed E-state index contributed by atoms with van der Waals surface area (Å²) in [7, 11) is 0. The molecule has 7 nitrogen and oxygen atoms in total. The molecule has 2 atom stereocenters. The Labute approximate surface area is 140 Å². The van der Waals surface area contributed by atoms with E-state index in [0.717, 1.165) is 6.08 Å². The van der Waals surface area contributed by atoms with Crippen LogP contribution in [0.15, 0.2) is 11.9 Å². The highest BCUT2D eigenvalue weighted by molar-refractivity contribution is 5.86. The van der Waals surface area contributed by atoms with Crippen LogP contribution in [0.25, 0.3) is 0 Å². The number of halogens is 1. The molecule has 0 spiro atoms. The van der Waals surface area contributed by atoms with Crippen LogP contribution in [0.3, 0.4) is 0 Å². The Morgan fingerprint density at radius 1 is 1.46 bits per heavy atom. The molecule has 0 aromatic rings. The van der Waals surface area contributed by atoms with Crippen molar-refractivity contribution >= 4 is 18.0 Å². The smallest absolute Gasteiger partial charge is 0.408 e. The maximum Gasteiger partial charge on any atom is 0.408 e.